The summed E-state index contributed by atoms with van der Waals surface area (Å²) in [6.45, 7) is 1.46. The minimum absolute atomic E-state index is 0.417. The van der Waals surface area contributed by atoms with Crippen molar-refractivity contribution in [3.63, 3.8) is 0 Å². The van der Waals surface area contributed by atoms with E-state index in [-0.39, 0.29) is 0 Å². The average Bonchev–Trinajstić information content (AvgIpc) is 2.71. The van der Waals surface area contributed by atoms with Gasteiger partial charge in [-0.3, -0.25) is 4.79 Å². The number of ether oxygens (including phenoxy) is 3. The minimum atomic E-state index is -1.01. The Morgan fingerprint density at radius 1 is 1.11 bits per heavy atom. The van der Waals surface area contributed by atoms with Crippen molar-refractivity contribution in [2.75, 3.05) is 19.5 Å². The van der Waals surface area contributed by atoms with Gasteiger partial charge in [-0.15, -0.1) is 0 Å². The van der Waals surface area contributed by atoms with Crippen LogP contribution in [0, 0.1) is 11.3 Å². The van der Waals surface area contributed by atoms with Crippen LogP contribution < -0.4 is 14.8 Å². The van der Waals surface area contributed by atoms with E-state index < -0.39 is 18.0 Å². The normalized spacial score (nSPS) is 11.4. The van der Waals surface area contributed by atoms with Gasteiger partial charge in [0.1, 0.15) is 0 Å². The van der Waals surface area contributed by atoms with E-state index in [1.165, 1.54) is 33.3 Å². The summed E-state index contributed by atoms with van der Waals surface area (Å²) in [5.41, 5.74) is 1.58. The SMILES string of the molecule is COc1ccc(/C=C/C(=O)O[C@@H](C)C(=O)Nc2cccc(C#N)c2)cc1OC. The second-order valence-corrected chi connectivity index (χ2v) is 5.71. The maximum atomic E-state index is 12.2. The Kier molecular flexibility index (Phi) is 7.17. The van der Waals surface area contributed by atoms with Gasteiger partial charge in [0.15, 0.2) is 17.6 Å². The first-order valence-corrected chi connectivity index (χ1v) is 8.38. The molecule has 0 radical (unpaired) electrons. The number of nitrogens with zero attached hydrogens (tertiary/aromatic N) is 1. The van der Waals surface area contributed by atoms with Crippen LogP contribution in [0.2, 0.25) is 0 Å². The first kappa shape index (κ1) is 20.5. The average molecular weight is 380 g/mol. The summed E-state index contributed by atoms with van der Waals surface area (Å²) in [7, 11) is 3.06. The lowest BCUT2D eigenvalue weighted by molar-refractivity contribution is -0.148. The van der Waals surface area contributed by atoms with Crippen molar-refractivity contribution >= 4 is 23.6 Å². The van der Waals surface area contributed by atoms with Crippen LogP contribution in [0.4, 0.5) is 5.69 Å². The standard InChI is InChI=1S/C21H20N2O5/c1-14(21(25)23-17-6-4-5-16(11-17)13-22)28-20(24)10-8-15-7-9-18(26-2)19(12-15)27-3/h4-12,14H,1-3H3,(H,23,25)/b10-8+/t14-/m0/s1. The molecule has 2 aromatic rings. The Morgan fingerprint density at radius 3 is 2.54 bits per heavy atom. The Bertz CT molecular complexity index is 931. The van der Waals surface area contributed by atoms with Gasteiger partial charge in [-0.2, -0.15) is 5.26 Å². The van der Waals surface area contributed by atoms with E-state index in [1.807, 2.05) is 6.07 Å². The molecule has 0 aliphatic heterocycles. The molecule has 144 valence electrons. The number of anilines is 1. The first-order valence-electron chi connectivity index (χ1n) is 8.38. The number of rotatable bonds is 7. The smallest absolute Gasteiger partial charge is 0.331 e. The van der Waals surface area contributed by atoms with Crippen molar-refractivity contribution in [2.24, 2.45) is 0 Å². The van der Waals surface area contributed by atoms with Gasteiger partial charge in [0.25, 0.3) is 5.91 Å². The number of methoxy groups -OCH3 is 2. The third kappa shape index (κ3) is 5.61. The van der Waals surface area contributed by atoms with Crippen LogP contribution in [0.5, 0.6) is 11.5 Å². The van der Waals surface area contributed by atoms with Crippen LogP contribution in [0.3, 0.4) is 0 Å². The van der Waals surface area contributed by atoms with Crippen molar-refractivity contribution in [1.29, 1.82) is 5.26 Å². The second kappa shape index (κ2) is 9.78. The number of nitrogens with one attached hydrogen (secondary N) is 1. The van der Waals surface area contributed by atoms with Gasteiger partial charge in [-0.1, -0.05) is 12.1 Å². The largest absolute Gasteiger partial charge is 0.493 e. The topological polar surface area (TPSA) is 97.6 Å². The highest BCUT2D eigenvalue weighted by Crippen LogP contribution is 2.27. The van der Waals surface area contributed by atoms with Gasteiger partial charge < -0.3 is 19.5 Å². The van der Waals surface area contributed by atoms with Crippen molar-refractivity contribution in [2.45, 2.75) is 13.0 Å². The zero-order valence-electron chi connectivity index (χ0n) is 15.8. The van der Waals surface area contributed by atoms with Gasteiger partial charge in [0, 0.05) is 11.8 Å². The molecule has 0 aliphatic carbocycles. The van der Waals surface area contributed by atoms with Crippen LogP contribution in [0.25, 0.3) is 6.08 Å². The third-order valence-electron chi connectivity index (χ3n) is 3.74. The summed E-state index contributed by atoms with van der Waals surface area (Å²) in [6, 6.07) is 13.6. The summed E-state index contributed by atoms with van der Waals surface area (Å²) >= 11 is 0. The summed E-state index contributed by atoms with van der Waals surface area (Å²) in [6.07, 6.45) is 1.76. The fraction of sp³-hybridized carbons (Fsp3) is 0.190. The Hall–Kier alpha value is -3.79. The summed E-state index contributed by atoms with van der Waals surface area (Å²) < 4.78 is 15.5. The lowest BCUT2D eigenvalue weighted by atomic mass is 10.2. The van der Waals surface area contributed by atoms with E-state index in [4.69, 9.17) is 19.5 Å². The summed E-state index contributed by atoms with van der Waals surface area (Å²) in [4.78, 5) is 24.1. The van der Waals surface area contributed by atoms with E-state index in [1.54, 1.807) is 42.5 Å². The van der Waals surface area contributed by atoms with Crippen molar-refractivity contribution < 1.29 is 23.8 Å². The molecule has 0 fully saturated rings. The number of amides is 1. The quantitative estimate of drug-likeness (QED) is 0.585. The molecule has 7 heteroatoms. The second-order valence-electron chi connectivity index (χ2n) is 5.71. The molecular formula is C21H20N2O5. The van der Waals surface area contributed by atoms with Crippen molar-refractivity contribution in [3.05, 3.63) is 59.7 Å². The van der Waals surface area contributed by atoms with Crippen LogP contribution in [-0.2, 0) is 14.3 Å². The highest BCUT2D eigenvalue weighted by Gasteiger charge is 2.16. The van der Waals surface area contributed by atoms with Gasteiger partial charge in [-0.05, 0) is 48.9 Å². The van der Waals surface area contributed by atoms with Crippen LogP contribution >= 0.6 is 0 Å². The number of nitriles is 1. The molecule has 2 rings (SSSR count). The first-order chi connectivity index (χ1) is 13.5. The zero-order valence-corrected chi connectivity index (χ0v) is 15.8. The molecule has 0 unspecified atom stereocenters. The van der Waals surface area contributed by atoms with E-state index in [9.17, 15) is 9.59 Å². The molecule has 7 nitrogen and oxygen atoms in total. The lowest BCUT2D eigenvalue weighted by Gasteiger charge is -2.12. The predicted octanol–water partition coefficient (Wildman–Crippen LogP) is 3.16. The molecule has 0 bridgehead atoms. The summed E-state index contributed by atoms with van der Waals surface area (Å²) in [5.74, 6) is -0.0514. The number of carbonyl (C=O) groups is 2. The van der Waals surface area contributed by atoms with Crippen LogP contribution in [0.15, 0.2) is 48.5 Å². The van der Waals surface area contributed by atoms with E-state index in [2.05, 4.69) is 5.32 Å². The van der Waals surface area contributed by atoms with E-state index in [0.717, 1.165) is 0 Å². The predicted molar refractivity (Wildman–Crippen MR) is 104 cm³/mol. The van der Waals surface area contributed by atoms with Gasteiger partial charge >= 0.3 is 5.97 Å². The lowest BCUT2D eigenvalue weighted by Crippen LogP contribution is -2.29. The Morgan fingerprint density at radius 2 is 1.86 bits per heavy atom. The molecule has 0 spiro atoms. The van der Waals surface area contributed by atoms with Crippen molar-refractivity contribution in [3.8, 4) is 17.6 Å². The number of carbonyl (C=O) groups excluding carboxylic acids is 2. The molecule has 0 saturated heterocycles. The third-order valence-corrected chi connectivity index (χ3v) is 3.74. The monoisotopic (exact) mass is 380 g/mol. The number of benzene rings is 2. The molecule has 0 aromatic heterocycles. The van der Waals surface area contributed by atoms with Gasteiger partial charge in [0.2, 0.25) is 0 Å². The molecule has 2 aromatic carbocycles. The molecule has 0 aliphatic rings. The van der Waals surface area contributed by atoms with Crippen LogP contribution in [-0.4, -0.2) is 32.2 Å². The van der Waals surface area contributed by atoms with Gasteiger partial charge in [0.05, 0.1) is 25.9 Å². The number of hydrogen-bond donors (Lipinski definition) is 1. The number of hydrogen-bond acceptors (Lipinski definition) is 6. The Labute approximate surface area is 163 Å². The molecule has 1 N–H and O–H groups in total. The van der Waals surface area contributed by atoms with Crippen molar-refractivity contribution in [1.82, 2.24) is 0 Å². The highest BCUT2D eigenvalue weighted by molar-refractivity contribution is 5.96. The molecule has 0 saturated carbocycles. The minimum Gasteiger partial charge on any atom is -0.493 e. The van der Waals surface area contributed by atoms with Crippen LogP contribution in [0.1, 0.15) is 18.1 Å². The molecule has 1 amide bonds. The maximum absolute atomic E-state index is 12.2. The zero-order chi connectivity index (χ0) is 20.5. The van der Waals surface area contributed by atoms with Gasteiger partial charge in [-0.25, -0.2) is 4.79 Å². The molecule has 1 atom stereocenters. The maximum Gasteiger partial charge on any atom is 0.331 e. The Balaban J connectivity index is 1.95. The van der Waals surface area contributed by atoms with E-state index in [0.29, 0.717) is 28.3 Å². The fourth-order valence-corrected chi connectivity index (χ4v) is 2.30. The molecular weight excluding hydrogens is 360 g/mol. The molecule has 28 heavy (non-hydrogen) atoms. The highest BCUT2D eigenvalue weighted by atomic mass is 16.5. The number of esters is 1. The van der Waals surface area contributed by atoms with E-state index >= 15 is 0 Å². The fourth-order valence-electron chi connectivity index (χ4n) is 2.30. The molecule has 0 heterocycles. The summed E-state index contributed by atoms with van der Waals surface area (Å²) in [5, 5.41) is 11.5.